The Morgan fingerprint density at radius 3 is 2.71 bits per heavy atom. The summed E-state index contributed by atoms with van der Waals surface area (Å²) in [6.45, 7) is 5.31. The maximum absolute atomic E-state index is 5.94. The standard InChI is InChI=1S/C14H24N2O/c1-11(2)8-14(6-4-5-7-14)12-9-16-13(17-12)10-15-3/h9,11,15H,4-8,10H2,1-3H3. The van der Waals surface area contributed by atoms with Gasteiger partial charge in [-0.05, 0) is 32.2 Å². The topological polar surface area (TPSA) is 38.1 Å². The van der Waals surface area contributed by atoms with E-state index in [1.807, 2.05) is 13.2 Å². The smallest absolute Gasteiger partial charge is 0.208 e. The molecule has 0 aliphatic heterocycles. The average molecular weight is 236 g/mol. The summed E-state index contributed by atoms with van der Waals surface area (Å²) in [6, 6.07) is 0. The van der Waals surface area contributed by atoms with Gasteiger partial charge in [0, 0.05) is 5.41 Å². The van der Waals surface area contributed by atoms with E-state index in [1.165, 1.54) is 32.1 Å². The zero-order chi connectivity index (χ0) is 12.3. The molecule has 0 atom stereocenters. The molecule has 2 rings (SSSR count). The van der Waals surface area contributed by atoms with Crippen molar-refractivity contribution in [2.45, 2.75) is 57.9 Å². The second kappa shape index (κ2) is 5.21. The summed E-state index contributed by atoms with van der Waals surface area (Å²) in [7, 11) is 1.92. The molecule has 0 aromatic carbocycles. The number of aromatic nitrogens is 1. The van der Waals surface area contributed by atoms with Crippen molar-refractivity contribution in [1.82, 2.24) is 10.3 Å². The van der Waals surface area contributed by atoms with Gasteiger partial charge < -0.3 is 9.73 Å². The molecule has 1 aromatic rings. The van der Waals surface area contributed by atoms with Crippen LogP contribution in [0.4, 0.5) is 0 Å². The quantitative estimate of drug-likeness (QED) is 0.852. The van der Waals surface area contributed by atoms with Crippen LogP contribution < -0.4 is 5.32 Å². The second-order valence-corrected chi connectivity index (χ2v) is 5.73. The molecule has 0 bridgehead atoms. The fraction of sp³-hybridized carbons (Fsp3) is 0.786. The molecule has 1 N–H and O–H groups in total. The van der Waals surface area contributed by atoms with Crippen LogP contribution in [0.3, 0.4) is 0 Å². The van der Waals surface area contributed by atoms with Crippen molar-refractivity contribution in [3.8, 4) is 0 Å². The molecule has 3 nitrogen and oxygen atoms in total. The van der Waals surface area contributed by atoms with E-state index >= 15 is 0 Å². The third kappa shape index (κ3) is 2.71. The molecule has 0 radical (unpaired) electrons. The third-order valence-electron chi connectivity index (χ3n) is 3.76. The Bertz CT molecular complexity index is 351. The fourth-order valence-corrected chi connectivity index (χ4v) is 3.17. The first-order valence-corrected chi connectivity index (χ1v) is 6.76. The highest BCUT2D eigenvalue weighted by atomic mass is 16.4. The van der Waals surface area contributed by atoms with Crippen molar-refractivity contribution in [1.29, 1.82) is 0 Å². The van der Waals surface area contributed by atoms with Gasteiger partial charge >= 0.3 is 0 Å². The number of nitrogens with zero attached hydrogens (tertiary/aromatic N) is 1. The maximum atomic E-state index is 5.94. The third-order valence-corrected chi connectivity index (χ3v) is 3.76. The highest BCUT2D eigenvalue weighted by Gasteiger charge is 2.39. The van der Waals surface area contributed by atoms with E-state index in [1.54, 1.807) is 0 Å². The molecule has 1 aromatic heterocycles. The van der Waals surface area contributed by atoms with Crippen LogP contribution in [0.15, 0.2) is 10.6 Å². The van der Waals surface area contributed by atoms with Crippen LogP contribution in [0.1, 0.15) is 57.6 Å². The van der Waals surface area contributed by atoms with Gasteiger partial charge in [-0.1, -0.05) is 26.7 Å². The molecule has 96 valence electrons. The molecular weight excluding hydrogens is 212 g/mol. The lowest BCUT2D eigenvalue weighted by Crippen LogP contribution is -2.23. The molecule has 17 heavy (non-hydrogen) atoms. The van der Waals surface area contributed by atoms with E-state index in [-0.39, 0.29) is 5.41 Å². The fourth-order valence-electron chi connectivity index (χ4n) is 3.17. The number of oxazole rings is 1. The van der Waals surface area contributed by atoms with Gasteiger partial charge in [-0.2, -0.15) is 0 Å². The summed E-state index contributed by atoms with van der Waals surface area (Å²) in [6.07, 6.45) is 8.36. The Morgan fingerprint density at radius 1 is 1.41 bits per heavy atom. The van der Waals surface area contributed by atoms with Crippen LogP contribution in [0.5, 0.6) is 0 Å². The molecule has 0 saturated heterocycles. The monoisotopic (exact) mass is 236 g/mol. The Balaban J connectivity index is 2.19. The van der Waals surface area contributed by atoms with Gasteiger partial charge in [0.2, 0.25) is 5.89 Å². The summed E-state index contributed by atoms with van der Waals surface area (Å²) >= 11 is 0. The molecule has 3 heteroatoms. The minimum atomic E-state index is 0.271. The zero-order valence-corrected chi connectivity index (χ0v) is 11.3. The number of hydrogen-bond acceptors (Lipinski definition) is 3. The van der Waals surface area contributed by atoms with E-state index in [2.05, 4.69) is 24.1 Å². The summed E-state index contributed by atoms with van der Waals surface area (Å²) in [5.41, 5.74) is 0.271. The summed E-state index contributed by atoms with van der Waals surface area (Å²) in [5.74, 6) is 2.65. The van der Waals surface area contributed by atoms with Gasteiger partial charge in [0.05, 0.1) is 12.7 Å². The minimum Gasteiger partial charge on any atom is -0.444 e. The first-order chi connectivity index (χ1) is 8.16. The van der Waals surface area contributed by atoms with Gasteiger partial charge in [-0.3, -0.25) is 0 Å². The van der Waals surface area contributed by atoms with Crippen molar-refractivity contribution in [3.63, 3.8) is 0 Å². The Hall–Kier alpha value is -0.830. The molecule has 1 heterocycles. The van der Waals surface area contributed by atoms with Gasteiger partial charge in [-0.15, -0.1) is 0 Å². The average Bonchev–Trinajstić information content (AvgIpc) is 2.87. The maximum Gasteiger partial charge on any atom is 0.208 e. The molecular formula is C14H24N2O. The highest BCUT2D eigenvalue weighted by molar-refractivity contribution is 5.14. The first-order valence-electron chi connectivity index (χ1n) is 6.76. The molecule has 1 aliphatic carbocycles. The molecule has 1 fully saturated rings. The predicted molar refractivity (Wildman–Crippen MR) is 68.9 cm³/mol. The molecule has 0 unspecified atom stereocenters. The second-order valence-electron chi connectivity index (χ2n) is 5.73. The molecule has 0 spiro atoms. The SMILES string of the molecule is CNCc1ncc(C2(CC(C)C)CCCC2)o1. The van der Waals surface area contributed by atoms with Crippen LogP contribution in [-0.4, -0.2) is 12.0 Å². The lowest BCUT2D eigenvalue weighted by atomic mass is 9.77. The largest absolute Gasteiger partial charge is 0.444 e. The van der Waals surface area contributed by atoms with E-state index in [9.17, 15) is 0 Å². The summed E-state index contributed by atoms with van der Waals surface area (Å²) in [4.78, 5) is 4.37. The van der Waals surface area contributed by atoms with Crippen molar-refractivity contribution < 1.29 is 4.42 Å². The number of nitrogens with one attached hydrogen (secondary N) is 1. The van der Waals surface area contributed by atoms with Crippen molar-refractivity contribution >= 4 is 0 Å². The van der Waals surface area contributed by atoms with Gasteiger partial charge in [0.15, 0.2) is 0 Å². The van der Waals surface area contributed by atoms with Gasteiger partial charge in [-0.25, -0.2) is 4.98 Å². The van der Waals surface area contributed by atoms with Crippen LogP contribution in [0.25, 0.3) is 0 Å². The predicted octanol–water partition coefficient (Wildman–Crippen LogP) is 3.25. The molecule has 0 amide bonds. The number of rotatable bonds is 5. The normalized spacial score (nSPS) is 19.1. The van der Waals surface area contributed by atoms with Crippen molar-refractivity contribution in [2.75, 3.05) is 7.05 Å². The van der Waals surface area contributed by atoms with E-state index in [4.69, 9.17) is 4.42 Å². The first kappa shape index (κ1) is 12.6. The van der Waals surface area contributed by atoms with Crippen LogP contribution in [0.2, 0.25) is 0 Å². The van der Waals surface area contributed by atoms with E-state index in [0.29, 0.717) is 5.92 Å². The molecule has 1 saturated carbocycles. The van der Waals surface area contributed by atoms with Crippen molar-refractivity contribution in [2.24, 2.45) is 5.92 Å². The van der Waals surface area contributed by atoms with E-state index < -0.39 is 0 Å². The van der Waals surface area contributed by atoms with E-state index in [0.717, 1.165) is 18.2 Å². The van der Waals surface area contributed by atoms with Crippen LogP contribution >= 0.6 is 0 Å². The Kier molecular flexibility index (Phi) is 3.87. The Morgan fingerprint density at radius 2 is 2.12 bits per heavy atom. The van der Waals surface area contributed by atoms with Gasteiger partial charge in [0.25, 0.3) is 0 Å². The number of hydrogen-bond donors (Lipinski definition) is 1. The highest BCUT2D eigenvalue weighted by Crippen LogP contribution is 2.45. The lowest BCUT2D eigenvalue weighted by Gasteiger charge is -2.28. The molecule has 1 aliphatic rings. The minimum absolute atomic E-state index is 0.271. The van der Waals surface area contributed by atoms with Crippen LogP contribution in [0, 0.1) is 5.92 Å². The summed E-state index contributed by atoms with van der Waals surface area (Å²) in [5, 5.41) is 3.08. The lowest BCUT2D eigenvalue weighted by molar-refractivity contribution is 0.276. The van der Waals surface area contributed by atoms with Crippen LogP contribution in [-0.2, 0) is 12.0 Å². The zero-order valence-electron chi connectivity index (χ0n) is 11.3. The van der Waals surface area contributed by atoms with Crippen molar-refractivity contribution in [3.05, 3.63) is 17.8 Å². The Labute approximate surface area is 104 Å². The summed E-state index contributed by atoms with van der Waals surface area (Å²) < 4.78 is 5.94. The van der Waals surface area contributed by atoms with Gasteiger partial charge in [0.1, 0.15) is 5.76 Å².